The van der Waals surface area contributed by atoms with Gasteiger partial charge in [0.05, 0.1) is 18.3 Å². The van der Waals surface area contributed by atoms with Gasteiger partial charge < -0.3 is 20.1 Å². The fourth-order valence-corrected chi connectivity index (χ4v) is 3.94. The molecule has 11 heteroatoms. The van der Waals surface area contributed by atoms with Gasteiger partial charge in [-0.2, -0.15) is 0 Å². The van der Waals surface area contributed by atoms with Crippen LogP contribution in [-0.4, -0.2) is 70.0 Å². The number of halogens is 1. The highest BCUT2D eigenvalue weighted by Crippen LogP contribution is 2.23. The van der Waals surface area contributed by atoms with Gasteiger partial charge in [0.1, 0.15) is 29.7 Å². The normalized spacial score (nSPS) is 18.3. The Kier molecular flexibility index (Phi) is 7.20. The van der Waals surface area contributed by atoms with Crippen molar-refractivity contribution < 1.29 is 19.1 Å². The van der Waals surface area contributed by atoms with Crippen LogP contribution in [0.25, 0.3) is 10.9 Å². The quantitative estimate of drug-likeness (QED) is 0.343. The third-order valence-electron chi connectivity index (χ3n) is 5.63. The molecule has 1 saturated heterocycles. The van der Waals surface area contributed by atoms with E-state index in [1.165, 1.54) is 12.5 Å². The number of ketones is 1. The summed E-state index contributed by atoms with van der Waals surface area (Å²) in [5.41, 5.74) is 5.92. The number of Topliss-reactive ketones (excluding diaryl/α,β-unsaturated/α-hetero) is 1. The maximum absolute atomic E-state index is 13.6. The number of nitrogens with two attached hydrogens (primary N) is 1. The number of pyridine rings is 1. The molecule has 3 aromatic rings. The van der Waals surface area contributed by atoms with E-state index < -0.39 is 11.3 Å². The van der Waals surface area contributed by atoms with E-state index in [0.717, 1.165) is 10.9 Å². The summed E-state index contributed by atoms with van der Waals surface area (Å²) in [6.07, 6.45) is 2.82. The van der Waals surface area contributed by atoms with Crippen LogP contribution in [-0.2, 0) is 20.9 Å². The van der Waals surface area contributed by atoms with E-state index in [1.807, 2.05) is 25.1 Å². The third kappa shape index (κ3) is 4.93. The smallest absolute Gasteiger partial charge is 0.253 e. The van der Waals surface area contributed by atoms with Crippen LogP contribution < -0.4 is 15.8 Å². The number of anilines is 1. The molecule has 0 radical (unpaired) electrons. The molecule has 10 nitrogen and oxygen atoms in total. The average molecular weight is 485 g/mol. The summed E-state index contributed by atoms with van der Waals surface area (Å²) in [5.74, 6) is -0.0178. The number of benzene rings is 1. The predicted molar refractivity (Wildman–Crippen MR) is 126 cm³/mol. The summed E-state index contributed by atoms with van der Waals surface area (Å²) >= 11 is 5.79. The van der Waals surface area contributed by atoms with Crippen molar-refractivity contribution >= 4 is 40.0 Å². The molecule has 0 spiro atoms. The molecule has 34 heavy (non-hydrogen) atoms. The minimum atomic E-state index is -1.54. The molecule has 1 aliphatic rings. The van der Waals surface area contributed by atoms with Gasteiger partial charge in [-0.3, -0.25) is 14.9 Å². The molecule has 0 saturated carbocycles. The van der Waals surface area contributed by atoms with Crippen LogP contribution >= 0.6 is 11.6 Å². The summed E-state index contributed by atoms with van der Waals surface area (Å²) < 4.78 is 11.1. The molecule has 1 aliphatic heterocycles. The van der Waals surface area contributed by atoms with Crippen molar-refractivity contribution in [1.82, 2.24) is 25.2 Å². The predicted octanol–water partition coefficient (Wildman–Crippen LogP) is 1.62. The van der Waals surface area contributed by atoms with E-state index in [2.05, 4.69) is 20.3 Å². The Hall–Kier alpha value is -3.34. The number of fused-ring (bicyclic) bond motifs is 1. The lowest BCUT2D eigenvalue weighted by Gasteiger charge is -2.41. The molecule has 1 fully saturated rings. The Morgan fingerprint density at radius 1 is 1.26 bits per heavy atom. The number of carbonyl (C=O) groups excluding carboxylic acids is 2. The molecular weight excluding hydrogens is 460 g/mol. The SMILES string of the molecule is CCOC[C@@]1(C(=O)COc2ccc(Cl)nc2)NCCN(Cc2ccc3c(N)ncnc3c2)C1=O. The number of amides is 1. The number of hydrogen-bond acceptors (Lipinski definition) is 9. The van der Waals surface area contributed by atoms with E-state index in [0.29, 0.717) is 48.5 Å². The fraction of sp³-hybridized carbons (Fsp3) is 0.348. The zero-order valence-electron chi connectivity index (χ0n) is 18.7. The largest absolute Gasteiger partial charge is 0.484 e. The molecule has 0 bridgehead atoms. The number of nitrogens with one attached hydrogen (secondary N) is 1. The molecule has 0 unspecified atom stereocenters. The molecule has 3 heterocycles. The molecule has 1 amide bonds. The first-order valence-electron chi connectivity index (χ1n) is 10.8. The summed E-state index contributed by atoms with van der Waals surface area (Å²) in [6, 6.07) is 8.74. The van der Waals surface area contributed by atoms with Crippen molar-refractivity contribution in [2.24, 2.45) is 0 Å². The van der Waals surface area contributed by atoms with Gasteiger partial charge in [-0.25, -0.2) is 15.0 Å². The van der Waals surface area contributed by atoms with Crippen molar-refractivity contribution in [1.29, 1.82) is 0 Å². The summed E-state index contributed by atoms with van der Waals surface area (Å²) in [6.45, 7) is 2.92. The Balaban J connectivity index is 1.53. The van der Waals surface area contributed by atoms with Crippen LogP contribution in [0.1, 0.15) is 12.5 Å². The number of piperazine rings is 1. The molecule has 1 atom stereocenters. The van der Waals surface area contributed by atoms with Crippen molar-refractivity contribution in [2.45, 2.75) is 19.0 Å². The van der Waals surface area contributed by atoms with Crippen LogP contribution in [0.4, 0.5) is 5.82 Å². The summed E-state index contributed by atoms with van der Waals surface area (Å²) in [4.78, 5) is 40.7. The zero-order chi connectivity index (χ0) is 24.1. The van der Waals surface area contributed by atoms with Crippen molar-refractivity contribution in [2.75, 3.05) is 38.6 Å². The van der Waals surface area contributed by atoms with Crippen molar-refractivity contribution in [3.63, 3.8) is 0 Å². The minimum absolute atomic E-state index is 0.0959. The Morgan fingerprint density at radius 2 is 2.12 bits per heavy atom. The topological polar surface area (TPSA) is 133 Å². The molecule has 1 aromatic carbocycles. The van der Waals surface area contributed by atoms with Crippen molar-refractivity contribution in [3.05, 3.63) is 53.6 Å². The monoisotopic (exact) mass is 484 g/mol. The lowest BCUT2D eigenvalue weighted by Crippen LogP contribution is -2.71. The first-order chi connectivity index (χ1) is 16.4. The fourth-order valence-electron chi connectivity index (χ4n) is 3.83. The minimum Gasteiger partial charge on any atom is -0.484 e. The van der Waals surface area contributed by atoms with Gasteiger partial charge in [0.2, 0.25) is 5.78 Å². The summed E-state index contributed by atoms with van der Waals surface area (Å²) in [5, 5.41) is 4.15. The molecule has 0 aliphatic carbocycles. The third-order valence-corrected chi connectivity index (χ3v) is 5.86. The Bertz CT molecular complexity index is 1190. The Labute approximate surface area is 201 Å². The Morgan fingerprint density at radius 3 is 2.88 bits per heavy atom. The first kappa shape index (κ1) is 23.8. The van der Waals surface area contributed by atoms with Crippen molar-refractivity contribution in [3.8, 4) is 5.75 Å². The number of nitrogens with zero attached hydrogens (tertiary/aromatic N) is 4. The van der Waals surface area contributed by atoms with Crippen LogP contribution in [0.5, 0.6) is 5.75 Å². The van der Waals surface area contributed by atoms with E-state index in [1.54, 1.807) is 17.0 Å². The second-order valence-electron chi connectivity index (χ2n) is 7.83. The molecular formula is C23H25ClN6O4. The van der Waals surface area contributed by atoms with Gasteiger partial charge in [-0.15, -0.1) is 0 Å². The standard InChI is InChI=1S/C23H25ClN6O4/c1-2-33-13-23(19(31)12-34-16-4-6-20(24)26-10-16)22(32)30(8-7-29-23)11-15-3-5-17-18(9-15)27-14-28-21(17)25/h3-6,9-10,14,29H,2,7-8,11-13H2,1H3,(H2,25,27,28)/t23-/m0/s1. The van der Waals surface area contributed by atoms with Gasteiger partial charge in [0.15, 0.2) is 5.54 Å². The molecule has 3 N–H and O–H groups in total. The average Bonchev–Trinajstić information content (AvgIpc) is 2.84. The lowest BCUT2D eigenvalue weighted by atomic mass is 9.90. The highest BCUT2D eigenvalue weighted by atomic mass is 35.5. The molecule has 4 rings (SSSR count). The second kappa shape index (κ2) is 10.3. The number of carbonyl (C=O) groups is 2. The second-order valence-corrected chi connectivity index (χ2v) is 8.22. The van der Waals surface area contributed by atoms with Gasteiger partial charge in [0.25, 0.3) is 5.91 Å². The first-order valence-corrected chi connectivity index (χ1v) is 11.2. The van der Waals surface area contributed by atoms with Gasteiger partial charge in [-0.1, -0.05) is 17.7 Å². The maximum atomic E-state index is 13.6. The highest BCUT2D eigenvalue weighted by Gasteiger charge is 2.50. The number of hydrogen-bond donors (Lipinski definition) is 2. The molecule has 178 valence electrons. The lowest BCUT2D eigenvalue weighted by molar-refractivity contribution is -0.153. The van der Waals surface area contributed by atoms with E-state index in [-0.39, 0.29) is 19.1 Å². The van der Waals surface area contributed by atoms with Gasteiger partial charge >= 0.3 is 0 Å². The van der Waals surface area contributed by atoms with Crippen LogP contribution in [0.3, 0.4) is 0 Å². The van der Waals surface area contributed by atoms with E-state index >= 15 is 0 Å². The maximum Gasteiger partial charge on any atom is 0.253 e. The van der Waals surface area contributed by atoms with E-state index in [4.69, 9.17) is 26.8 Å². The van der Waals surface area contributed by atoms with Crippen LogP contribution in [0.15, 0.2) is 42.9 Å². The van der Waals surface area contributed by atoms with Crippen LogP contribution in [0, 0.1) is 0 Å². The van der Waals surface area contributed by atoms with E-state index in [9.17, 15) is 9.59 Å². The number of rotatable bonds is 9. The zero-order valence-corrected chi connectivity index (χ0v) is 19.4. The van der Waals surface area contributed by atoms with Gasteiger partial charge in [-0.05, 0) is 36.8 Å². The summed E-state index contributed by atoms with van der Waals surface area (Å²) in [7, 11) is 0. The van der Waals surface area contributed by atoms with Gasteiger partial charge in [0, 0.05) is 31.6 Å². The molecule has 2 aromatic heterocycles. The number of aromatic nitrogens is 3. The highest BCUT2D eigenvalue weighted by molar-refractivity contribution is 6.29. The number of ether oxygens (including phenoxy) is 2. The number of nitrogen functional groups attached to an aromatic ring is 1. The van der Waals surface area contributed by atoms with Crippen LogP contribution in [0.2, 0.25) is 5.15 Å².